The molecule has 136 valence electrons. The summed E-state index contributed by atoms with van der Waals surface area (Å²) in [6.45, 7) is 10.0. The fraction of sp³-hybridized carbons (Fsp3) is 0.929. The largest absolute Gasteiger partial charge is 0.444 e. The van der Waals surface area contributed by atoms with Crippen molar-refractivity contribution in [3.8, 4) is 0 Å². The van der Waals surface area contributed by atoms with Gasteiger partial charge in [0.15, 0.2) is 0 Å². The Morgan fingerprint density at radius 2 is 1.74 bits per heavy atom. The van der Waals surface area contributed by atoms with Gasteiger partial charge in [-0.3, -0.25) is 4.90 Å². The summed E-state index contributed by atoms with van der Waals surface area (Å²) in [5.74, 6) is 0. The van der Waals surface area contributed by atoms with Gasteiger partial charge in [-0.1, -0.05) is 0 Å². The van der Waals surface area contributed by atoms with Crippen molar-refractivity contribution in [3.63, 3.8) is 0 Å². The van der Waals surface area contributed by atoms with Crippen LogP contribution in [-0.4, -0.2) is 88.1 Å². The van der Waals surface area contributed by atoms with Crippen LogP contribution in [0.15, 0.2) is 0 Å². The second kappa shape index (κ2) is 8.81. The van der Waals surface area contributed by atoms with Gasteiger partial charge in [0.05, 0.1) is 19.5 Å². The summed E-state index contributed by atoms with van der Waals surface area (Å²) in [6, 6.07) is 0. The van der Waals surface area contributed by atoms with Gasteiger partial charge in [-0.05, 0) is 20.8 Å². The standard InChI is InChI=1S/C14H29N3O5S/c1-14(2,3)22-13(18)15-5-11-21-12-10-16-6-8-17(9-7-16)23(4,19)20/h5-12H2,1-4H3,(H,15,18). The highest BCUT2D eigenvalue weighted by Gasteiger charge is 2.22. The molecule has 0 saturated carbocycles. The topological polar surface area (TPSA) is 88.2 Å². The molecule has 8 nitrogen and oxygen atoms in total. The number of piperazine rings is 1. The molecule has 1 rings (SSSR count). The predicted octanol–water partition coefficient (Wildman–Crippen LogP) is 0.105. The predicted molar refractivity (Wildman–Crippen MR) is 87.9 cm³/mol. The SMILES string of the molecule is CC(C)(C)OC(=O)NCCOCCN1CCN(S(C)(=O)=O)CC1. The Balaban J connectivity index is 2.03. The van der Waals surface area contributed by atoms with Crippen molar-refractivity contribution in [2.45, 2.75) is 26.4 Å². The van der Waals surface area contributed by atoms with Gasteiger partial charge in [0.25, 0.3) is 0 Å². The third kappa shape index (κ3) is 9.09. The van der Waals surface area contributed by atoms with Crippen LogP contribution in [0.2, 0.25) is 0 Å². The number of carbonyl (C=O) groups excluding carboxylic acids is 1. The van der Waals surface area contributed by atoms with Gasteiger partial charge in [0.1, 0.15) is 5.60 Å². The molecule has 0 radical (unpaired) electrons. The van der Waals surface area contributed by atoms with E-state index in [0.717, 1.165) is 6.54 Å². The first-order valence-corrected chi connectivity index (χ1v) is 9.65. The average Bonchev–Trinajstić information content (AvgIpc) is 2.40. The summed E-state index contributed by atoms with van der Waals surface area (Å²) in [5.41, 5.74) is -0.501. The summed E-state index contributed by atoms with van der Waals surface area (Å²) in [7, 11) is -3.08. The maximum atomic E-state index is 11.4. The van der Waals surface area contributed by atoms with E-state index in [4.69, 9.17) is 9.47 Å². The highest BCUT2D eigenvalue weighted by atomic mass is 32.2. The minimum atomic E-state index is -3.08. The molecule has 0 unspecified atom stereocenters. The number of alkyl carbamates (subject to hydrolysis) is 1. The first kappa shape index (κ1) is 20.1. The molecule has 1 fully saturated rings. The number of carbonyl (C=O) groups is 1. The molecule has 9 heteroatoms. The summed E-state index contributed by atoms with van der Waals surface area (Å²) in [4.78, 5) is 13.6. The van der Waals surface area contributed by atoms with E-state index in [1.807, 2.05) is 20.8 Å². The molecule has 0 aliphatic carbocycles. The van der Waals surface area contributed by atoms with Gasteiger partial charge in [0, 0.05) is 39.3 Å². The smallest absolute Gasteiger partial charge is 0.407 e. The Labute approximate surface area is 139 Å². The van der Waals surface area contributed by atoms with Gasteiger partial charge in [-0.25, -0.2) is 13.2 Å². The Morgan fingerprint density at radius 3 is 2.26 bits per heavy atom. The normalized spacial score (nSPS) is 17.9. The van der Waals surface area contributed by atoms with Gasteiger partial charge >= 0.3 is 6.09 Å². The van der Waals surface area contributed by atoms with Crippen molar-refractivity contribution in [1.29, 1.82) is 0 Å². The minimum Gasteiger partial charge on any atom is -0.444 e. The maximum Gasteiger partial charge on any atom is 0.407 e. The zero-order valence-corrected chi connectivity index (χ0v) is 15.3. The van der Waals surface area contributed by atoms with Crippen LogP contribution < -0.4 is 5.32 Å². The molecular formula is C14H29N3O5S. The molecule has 0 aromatic heterocycles. The van der Waals surface area contributed by atoms with Crippen LogP contribution in [0, 0.1) is 0 Å². The lowest BCUT2D eigenvalue weighted by Crippen LogP contribution is -2.49. The highest BCUT2D eigenvalue weighted by molar-refractivity contribution is 7.88. The lowest BCUT2D eigenvalue weighted by molar-refractivity contribution is 0.0485. The van der Waals surface area contributed by atoms with Crippen LogP contribution in [0.3, 0.4) is 0 Å². The molecule has 0 spiro atoms. The highest BCUT2D eigenvalue weighted by Crippen LogP contribution is 2.06. The van der Waals surface area contributed by atoms with Crippen LogP contribution in [0.1, 0.15) is 20.8 Å². The molecule has 1 N–H and O–H groups in total. The van der Waals surface area contributed by atoms with E-state index >= 15 is 0 Å². The van der Waals surface area contributed by atoms with E-state index in [-0.39, 0.29) is 0 Å². The molecule has 1 aliphatic rings. The molecule has 1 saturated heterocycles. The third-order valence-corrected chi connectivity index (χ3v) is 4.57. The Morgan fingerprint density at radius 1 is 1.13 bits per heavy atom. The molecule has 1 heterocycles. The average molecular weight is 351 g/mol. The van der Waals surface area contributed by atoms with E-state index < -0.39 is 21.7 Å². The monoisotopic (exact) mass is 351 g/mol. The molecule has 0 bridgehead atoms. The summed E-state index contributed by atoms with van der Waals surface area (Å²) < 4.78 is 34.9. The van der Waals surface area contributed by atoms with Crippen molar-refractivity contribution in [2.75, 3.05) is 58.7 Å². The number of hydrogen-bond donors (Lipinski definition) is 1. The van der Waals surface area contributed by atoms with Gasteiger partial charge in [0.2, 0.25) is 10.0 Å². The van der Waals surface area contributed by atoms with Gasteiger partial charge in [-0.15, -0.1) is 0 Å². The van der Waals surface area contributed by atoms with Crippen LogP contribution >= 0.6 is 0 Å². The zero-order valence-electron chi connectivity index (χ0n) is 14.5. The van der Waals surface area contributed by atoms with E-state index in [1.165, 1.54) is 10.6 Å². The molecule has 23 heavy (non-hydrogen) atoms. The number of rotatable bonds is 7. The Kier molecular flexibility index (Phi) is 7.72. The number of amides is 1. The number of sulfonamides is 1. The molecule has 1 amide bonds. The number of ether oxygens (including phenoxy) is 2. The molecule has 0 aromatic rings. The third-order valence-electron chi connectivity index (χ3n) is 3.27. The number of nitrogens with one attached hydrogen (secondary N) is 1. The quantitative estimate of drug-likeness (QED) is 0.655. The summed E-state index contributed by atoms with van der Waals surface area (Å²) in [5, 5.41) is 2.63. The van der Waals surface area contributed by atoms with E-state index in [2.05, 4.69) is 10.2 Å². The fourth-order valence-corrected chi connectivity index (χ4v) is 2.95. The van der Waals surface area contributed by atoms with Crippen molar-refractivity contribution in [2.24, 2.45) is 0 Å². The van der Waals surface area contributed by atoms with Gasteiger partial charge in [-0.2, -0.15) is 4.31 Å². The summed E-state index contributed by atoms with van der Waals surface area (Å²) in [6.07, 6.45) is 0.793. The summed E-state index contributed by atoms with van der Waals surface area (Å²) >= 11 is 0. The van der Waals surface area contributed by atoms with E-state index in [9.17, 15) is 13.2 Å². The molecular weight excluding hydrogens is 322 g/mol. The maximum absolute atomic E-state index is 11.4. The first-order chi connectivity index (χ1) is 10.6. The minimum absolute atomic E-state index is 0.400. The number of hydrogen-bond acceptors (Lipinski definition) is 6. The Hall–Kier alpha value is -0.900. The lowest BCUT2D eigenvalue weighted by atomic mass is 10.2. The van der Waals surface area contributed by atoms with Gasteiger partial charge < -0.3 is 14.8 Å². The van der Waals surface area contributed by atoms with Crippen LogP contribution in [0.25, 0.3) is 0 Å². The van der Waals surface area contributed by atoms with Crippen LogP contribution in [0.4, 0.5) is 4.79 Å². The fourth-order valence-electron chi connectivity index (χ4n) is 2.12. The van der Waals surface area contributed by atoms with Crippen molar-refractivity contribution >= 4 is 16.1 Å². The van der Waals surface area contributed by atoms with Crippen molar-refractivity contribution in [1.82, 2.24) is 14.5 Å². The van der Waals surface area contributed by atoms with Crippen molar-refractivity contribution < 1.29 is 22.7 Å². The zero-order chi connectivity index (χ0) is 17.5. The second-order valence-corrected chi connectivity index (χ2v) is 8.53. The van der Waals surface area contributed by atoms with Crippen LogP contribution in [-0.2, 0) is 19.5 Å². The lowest BCUT2D eigenvalue weighted by Gasteiger charge is -2.33. The van der Waals surface area contributed by atoms with Crippen molar-refractivity contribution in [3.05, 3.63) is 0 Å². The first-order valence-electron chi connectivity index (χ1n) is 7.80. The molecule has 0 aromatic carbocycles. The second-order valence-electron chi connectivity index (χ2n) is 6.54. The molecule has 1 aliphatic heterocycles. The number of nitrogens with zero attached hydrogens (tertiary/aromatic N) is 2. The van der Waals surface area contributed by atoms with E-state index in [1.54, 1.807) is 0 Å². The molecule has 0 atom stereocenters. The van der Waals surface area contributed by atoms with E-state index in [0.29, 0.717) is 45.9 Å². The Bertz CT molecular complexity index is 467. The van der Waals surface area contributed by atoms with Crippen LogP contribution in [0.5, 0.6) is 0 Å².